The Morgan fingerprint density at radius 1 is 1.11 bits per heavy atom. The number of benzene rings is 2. The van der Waals surface area contributed by atoms with Gasteiger partial charge < -0.3 is 9.64 Å². The summed E-state index contributed by atoms with van der Waals surface area (Å²) < 4.78 is 18.5. The number of carbonyl (C=O) groups is 1. The number of likely N-dealkylation sites (tertiary alicyclic amines) is 1. The number of carbonyl (C=O) groups excluding carboxylic acids is 1. The van der Waals surface area contributed by atoms with Gasteiger partial charge in [0, 0.05) is 18.5 Å². The van der Waals surface area contributed by atoms with Gasteiger partial charge in [0.2, 0.25) is 0 Å². The maximum atomic E-state index is 12.9. The molecule has 4 nitrogen and oxygen atoms in total. The van der Waals surface area contributed by atoms with Crippen molar-refractivity contribution in [3.63, 3.8) is 0 Å². The SMILES string of the molecule is O=C(c1csc(COc2ccc(F)cc2)n1)N1CCC(c2ccccc2)CC1. The minimum Gasteiger partial charge on any atom is -0.486 e. The Hall–Kier alpha value is -2.73. The van der Waals surface area contributed by atoms with Gasteiger partial charge in [-0.1, -0.05) is 30.3 Å². The minimum absolute atomic E-state index is 0.0178. The lowest BCUT2D eigenvalue weighted by Gasteiger charge is -2.31. The fourth-order valence-electron chi connectivity index (χ4n) is 3.45. The fourth-order valence-corrected chi connectivity index (χ4v) is 4.13. The van der Waals surface area contributed by atoms with E-state index in [0.29, 0.717) is 17.4 Å². The van der Waals surface area contributed by atoms with Crippen LogP contribution < -0.4 is 4.74 Å². The average Bonchev–Trinajstić information content (AvgIpc) is 3.23. The summed E-state index contributed by atoms with van der Waals surface area (Å²) >= 11 is 1.40. The van der Waals surface area contributed by atoms with E-state index in [0.717, 1.165) is 30.9 Å². The Morgan fingerprint density at radius 3 is 2.54 bits per heavy atom. The van der Waals surface area contributed by atoms with Crippen LogP contribution in [0.4, 0.5) is 4.39 Å². The van der Waals surface area contributed by atoms with E-state index in [1.54, 1.807) is 17.5 Å². The number of piperidine rings is 1. The standard InChI is InChI=1S/C22H21FN2O2S/c23-18-6-8-19(9-7-18)27-14-21-24-20(15-28-21)22(26)25-12-10-17(11-13-25)16-4-2-1-3-5-16/h1-9,15,17H,10-14H2. The molecule has 1 fully saturated rings. The zero-order valence-electron chi connectivity index (χ0n) is 15.4. The van der Waals surface area contributed by atoms with Gasteiger partial charge in [0.05, 0.1) is 0 Å². The first-order chi connectivity index (χ1) is 13.7. The van der Waals surface area contributed by atoms with Gasteiger partial charge in [-0.15, -0.1) is 11.3 Å². The van der Waals surface area contributed by atoms with Crippen LogP contribution in [-0.2, 0) is 6.61 Å². The van der Waals surface area contributed by atoms with E-state index in [-0.39, 0.29) is 18.3 Å². The molecule has 0 aliphatic carbocycles. The number of amides is 1. The Labute approximate surface area is 167 Å². The van der Waals surface area contributed by atoms with Gasteiger partial charge in [0.15, 0.2) is 0 Å². The zero-order chi connectivity index (χ0) is 19.3. The number of rotatable bonds is 5. The van der Waals surface area contributed by atoms with Crippen LogP contribution >= 0.6 is 11.3 Å². The molecule has 1 saturated heterocycles. The summed E-state index contributed by atoms with van der Waals surface area (Å²) in [5.74, 6) is 0.772. The average molecular weight is 396 g/mol. The molecule has 2 aromatic carbocycles. The van der Waals surface area contributed by atoms with E-state index in [1.165, 1.54) is 29.0 Å². The first kappa shape index (κ1) is 18.6. The second kappa shape index (κ2) is 8.52. The van der Waals surface area contributed by atoms with Crippen LogP contribution in [0, 0.1) is 5.82 Å². The molecule has 1 aliphatic heterocycles. The number of aromatic nitrogens is 1. The molecule has 0 radical (unpaired) electrons. The second-order valence-corrected chi connectivity index (χ2v) is 7.79. The van der Waals surface area contributed by atoms with E-state index >= 15 is 0 Å². The number of hydrogen-bond acceptors (Lipinski definition) is 4. The van der Waals surface area contributed by atoms with E-state index in [2.05, 4.69) is 29.2 Å². The van der Waals surface area contributed by atoms with Gasteiger partial charge in [-0.25, -0.2) is 9.37 Å². The Kier molecular flexibility index (Phi) is 5.67. The van der Waals surface area contributed by atoms with Crippen molar-refractivity contribution in [2.24, 2.45) is 0 Å². The van der Waals surface area contributed by atoms with Gasteiger partial charge in [-0.3, -0.25) is 4.79 Å². The summed E-state index contributed by atoms with van der Waals surface area (Å²) in [4.78, 5) is 19.1. The summed E-state index contributed by atoms with van der Waals surface area (Å²) in [5, 5.41) is 2.52. The number of ether oxygens (including phenoxy) is 1. The van der Waals surface area contributed by atoms with Crippen molar-refractivity contribution in [1.82, 2.24) is 9.88 Å². The van der Waals surface area contributed by atoms with Crippen LogP contribution in [0.3, 0.4) is 0 Å². The fraction of sp³-hybridized carbons (Fsp3) is 0.273. The molecule has 0 spiro atoms. The lowest BCUT2D eigenvalue weighted by molar-refractivity contribution is 0.0707. The molecular weight excluding hydrogens is 375 g/mol. The monoisotopic (exact) mass is 396 g/mol. The summed E-state index contributed by atoms with van der Waals surface area (Å²) in [7, 11) is 0. The van der Waals surface area contributed by atoms with Gasteiger partial charge in [0.1, 0.15) is 28.9 Å². The molecule has 0 bridgehead atoms. The van der Waals surface area contributed by atoms with E-state index in [4.69, 9.17) is 4.74 Å². The van der Waals surface area contributed by atoms with Gasteiger partial charge in [-0.2, -0.15) is 0 Å². The topological polar surface area (TPSA) is 42.4 Å². The van der Waals surface area contributed by atoms with Gasteiger partial charge >= 0.3 is 0 Å². The highest BCUT2D eigenvalue weighted by Gasteiger charge is 2.25. The van der Waals surface area contributed by atoms with Crippen molar-refractivity contribution in [1.29, 1.82) is 0 Å². The highest BCUT2D eigenvalue weighted by molar-refractivity contribution is 7.09. The zero-order valence-corrected chi connectivity index (χ0v) is 16.2. The molecular formula is C22H21FN2O2S. The number of thiazole rings is 1. The predicted molar refractivity (Wildman–Crippen MR) is 107 cm³/mol. The number of nitrogens with zero attached hydrogens (tertiary/aromatic N) is 2. The third-order valence-corrected chi connectivity index (χ3v) is 5.82. The normalized spacial score (nSPS) is 14.8. The van der Waals surface area contributed by atoms with Crippen molar-refractivity contribution in [2.45, 2.75) is 25.4 Å². The van der Waals surface area contributed by atoms with Crippen LogP contribution in [0.1, 0.15) is 39.8 Å². The molecule has 1 amide bonds. The molecule has 2 heterocycles. The van der Waals surface area contributed by atoms with Crippen molar-refractivity contribution in [3.05, 3.63) is 82.1 Å². The largest absolute Gasteiger partial charge is 0.486 e. The third kappa shape index (κ3) is 4.39. The molecule has 144 valence electrons. The molecule has 4 rings (SSSR count). The Bertz CT molecular complexity index is 919. The molecule has 1 aliphatic rings. The van der Waals surface area contributed by atoms with E-state index in [1.807, 2.05) is 11.0 Å². The van der Waals surface area contributed by atoms with Gasteiger partial charge in [0.25, 0.3) is 5.91 Å². The lowest BCUT2D eigenvalue weighted by Crippen LogP contribution is -2.38. The van der Waals surface area contributed by atoms with Crippen LogP contribution in [0.2, 0.25) is 0 Å². The molecule has 1 aromatic heterocycles. The van der Waals surface area contributed by atoms with Crippen molar-refractivity contribution < 1.29 is 13.9 Å². The Morgan fingerprint density at radius 2 is 1.82 bits per heavy atom. The maximum Gasteiger partial charge on any atom is 0.273 e. The third-order valence-electron chi connectivity index (χ3n) is 5.00. The van der Waals surface area contributed by atoms with Crippen molar-refractivity contribution in [2.75, 3.05) is 13.1 Å². The number of hydrogen-bond donors (Lipinski definition) is 0. The lowest BCUT2D eigenvalue weighted by atomic mass is 9.89. The first-order valence-electron chi connectivity index (χ1n) is 9.36. The molecule has 0 saturated carbocycles. The van der Waals surface area contributed by atoms with Crippen LogP contribution in [0.15, 0.2) is 60.0 Å². The van der Waals surface area contributed by atoms with Crippen LogP contribution in [-0.4, -0.2) is 28.9 Å². The maximum absolute atomic E-state index is 12.9. The second-order valence-electron chi connectivity index (χ2n) is 6.85. The van der Waals surface area contributed by atoms with Crippen LogP contribution in [0.5, 0.6) is 5.75 Å². The van der Waals surface area contributed by atoms with Crippen molar-refractivity contribution in [3.8, 4) is 5.75 Å². The minimum atomic E-state index is -0.300. The van der Waals surface area contributed by atoms with E-state index < -0.39 is 0 Å². The highest BCUT2D eigenvalue weighted by atomic mass is 32.1. The molecule has 0 unspecified atom stereocenters. The summed E-state index contributed by atoms with van der Waals surface area (Å²) in [6.45, 7) is 1.76. The predicted octanol–water partition coefficient (Wildman–Crippen LogP) is 4.88. The summed E-state index contributed by atoms with van der Waals surface area (Å²) in [6.07, 6.45) is 1.95. The molecule has 6 heteroatoms. The van der Waals surface area contributed by atoms with Crippen LogP contribution in [0.25, 0.3) is 0 Å². The summed E-state index contributed by atoms with van der Waals surface area (Å²) in [6, 6.07) is 16.3. The van der Waals surface area contributed by atoms with E-state index in [9.17, 15) is 9.18 Å². The summed E-state index contributed by atoms with van der Waals surface area (Å²) in [5.41, 5.74) is 1.82. The first-order valence-corrected chi connectivity index (χ1v) is 10.2. The number of halogens is 1. The quantitative estimate of drug-likeness (QED) is 0.617. The smallest absolute Gasteiger partial charge is 0.273 e. The molecule has 0 N–H and O–H groups in total. The van der Waals surface area contributed by atoms with Gasteiger partial charge in [-0.05, 0) is 48.6 Å². The molecule has 3 aromatic rings. The highest BCUT2D eigenvalue weighted by Crippen LogP contribution is 2.28. The molecule has 28 heavy (non-hydrogen) atoms. The molecule has 0 atom stereocenters. The Balaban J connectivity index is 1.31. The van der Waals surface area contributed by atoms with Crippen molar-refractivity contribution >= 4 is 17.2 Å².